The van der Waals surface area contributed by atoms with Crippen molar-refractivity contribution < 1.29 is 22.7 Å². The summed E-state index contributed by atoms with van der Waals surface area (Å²) in [5, 5.41) is 2.45. The average Bonchev–Trinajstić information content (AvgIpc) is 2.74. The van der Waals surface area contributed by atoms with Crippen LogP contribution in [0.4, 0.5) is 5.69 Å². The first-order valence-electron chi connectivity index (χ1n) is 9.56. The molecule has 164 valence electrons. The molecule has 0 aromatic heterocycles. The first kappa shape index (κ1) is 24.0. The second-order valence-electron chi connectivity index (χ2n) is 6.38. The maximum atomic E-state index is 12.6. The zero-order valence-corrected chi connectivity index (χ0v) is 19.5. The number of thioether (sulfide) groups is 1. The summed E-state index contributed by atoms with van der Waals surface area (Å²) in [6.45, 7) is 6.21. The van der Waals surface area contributed by atoms with Gasteiger partial charge in [-0.15, -0.1) is 11.8 Å². The van der Waals surface area contributed by atoms with E-state index >= 15 is 0 Å². The first-order chi connectivity index (χ1) is 14.3. The minimum Gasteiger partial charge on any atom is -0.493 e. The van der Waals surface area contributed by atoms with Gasteiger partial charge in [-0.3, -0.25) is 4.79 Å². The quantitative estimate of drug-likeness (QED) is 0.551. The summed E-state index contributed by atoms with van der Waals surface area (Å²) < 4.78 is 37.0. The van der Waals surface area contributed by atoms with Crippen LogP contribution in [0.15, 0.2) is 52.3 Å². The minimum atomic E-state index is -3.52. The van der Waals surface area contributed by atoms with E-state index in [0.29, 0.717) is 30.3 Å². The highest BCUT2D eigenvalue weighted by Crippen LogP contribution is 2.33. The number of carbonyl (C=O) groups is 1. The molecule has 0 spiro atoms. The molecule has 0 aliphatic heterocycles. The van der Waals surface area contributed by atoms with Gasteiger partial charge in [0.1, 0.15) is 0 Å². The topological polar surface area (TPSA) is 84.9 Å². The van der Waals surface area contributed by atoms with E-state index in [2.05, 4.69) is 5.32 Å². The molecule has 0 bridgehead atoms. The van der Waals surface area contributed by atoms with Gasteiger partial charge in [-0.1, -0.05) is 13.8 Å². The molecule has 1 atom stereocenters. The molecule has 2 aromatic carbocycles. The predicted octanol–water partition coefficient (Wildman–Crippen LogP) is 3.85. The van der Waals surface area contributed by atoms with E-state index in [1.54, 1.807) is 53.2 Å². The summed E-state index contributed by atoms with van der Waals surface area (Å²) in [6.07, 6.45) is 0. The van der Waals surface area contributed by atoms with Gasteiger partial charge in [0, 0.05) is 23.7 Å². The van der Waals surface area contributed by atoms with E-state index in [4.69, 9.17) is 9.47 Å². The van der Waals surface area contributed by atoms with Crippen LogP contribution in [0, 0.1) is 0 Å². The predicted molar refractivity (Wildman–Crippen MR) is 120 cm³/mol. The Morgan fingerprint density at radius 1 is 1.03 bits per heavy atom. The van der Waals surface area contributed by atoms with Crippen molar-refractivity contribution in [2.75, 3.05) is 32.6 Å². The molecule has 0 heterocycles. The van der Waals surface area contributed by atoms with Gasteiger partial charge >= 0.3 is 0 Å². The van der Waals surface area contributed by atoms with Crippen LogP contribution in [-0.2, 0) is 14.8 Å². The lowest BCUT2D eigenvalue weighted by molar-refractivity contribution is -0.115. The number of nitrogens with one attached hydrogen (secondary N) is 1. The van der Waals surface area contributed by atoms with Crippen molar-refractivity contribution in [2.45, 2.75) is 35.8 Å². The number of anilines is 1. The third kappa shape index (κ3) is 5.68. The minimum absolute atomic E-state index is 0.186. The van der Waals surface area contributed by atoms with E-state index in [1.165, 1.54) is 28.2 Å². The van der Waals surface area contributed by atoms with E-state index < -0.39 is 10.0 Å². The van der Waals surface area contributed by atoms with E-state index in [-0.39, 0.29) is 16.1 Å². The zero-order chi connectivity index (χ0) is 22.3. The lowest BCUT2D eigenvalue weighted by atomic mass is 10.3. The van der Waals surface area contributed by atoms with Gasteiger partial charge in [0.15, 0.2) is 11.5 Å². The van der Waals surface area contributed by atoms with Crippen molar-refractivity contribution in [3.8, 4) is 11.5 Å². The molecular weight excluding hydrogens is 424 g/mol. The lowest BCUT2D eigenvalue weighted by Gasteiger charge is -2.18. The Morgan fingerprint density at radius 2 is 1.63 bits per heavy atom. The molecule has 30 heavy (non-hydrogen) atoms. The first-order valence-corrected chi connectivity index (χ1v) is 11.9. The molecule has 0 saturated heterocycles. The Morgan fingerprint density at radius 3 is 2.17 bits per heavy atom. The number of ether oxygens (including phenoxy) is 2. The van der Waals surface area contributed by atoms with Crippen molar-refractivity contribution in [3.63, 3.8) is 0 Å². The average molecular weight is 453 g/mol. The second-order valence-corrected chi connectivity index (χ2v) is 9.73. The summed E-state index contributed by atoms with van der Waals surface area (Å²) in [5.41, 5.74) is 0.540. The molecular formula is C21H28N2O5S2. The number of hydrogen-bond donors (Lipinski definition) is 1. The third-order valence-corrected chi connectivity index (χ3v) is 7.66. The Hall–Kier alpha value is -2.23. The van der Waals surface area contributed by atoms with E-state index in [9.17, 15) is 13.2 Å². The summed E-state index contributed by atoms with van der Waals surface area (Å²) in [5.74, 6) is 1.04. The van der Waals surface area contributed by atoms with E-state index in [1.807, 2.05) is 12.1 Å². The fraction of sp³-hybridized carbons (Fsp3) is 0.381. The monoisotopic (exact) mass is 452 g/mol. The van der Waals surface area contributed by atoms with Crippen LogP contribution in [0.5, 0.6) is 11.5 Å². The fourth-order valence-corrected chi connectivity index (χ4v) is 5.17. The fourth-order valence-electron chi connectivity index (χ4n) is 2.81. The summed E-state index contributed by atoms with van der Waals surface area (Å²) in [7, 11) is -0.391. The van der Waals surface area contributed by atoms with Gasteiger partial charge in [-0.05, 0) is 49.4 Å². The zero-order valence-electron chi connectivity index (χ0n) is 17.8. The molecule has 0 fully saturated rings. The number of carbonyl (C=O) groups excluding carboxylic acids is 1. The molecule has 0 unspecified atom stereocenters. The Labute approximate surface area is 182 Å². The molecule has 1 N–H and O–H groups in total. The van der Waals surface area contributed by atoms with Gasteiger partial charge in [0.2, 0.25) is 15.9 Å². The van der Waals surface area contributed by atoms with Gasteiger partial charge in [-0.25, -0.2) is 8.42 Å². The van der Waals surface area contributed by atoms with Crippen molar-refractivity contribution in [3.05, 3.63) is 42.5 Å². The molecule has 0 saturated carbocycles. The van der Waals surface area contributed by atoms with Gasteiger partial charge < -0.3 is 14.8 Å². The maximum absolute atomic E-state index is 12.6. The molecule has 2 rings (SSSR count). The van der Waals surface area contributed by atoms with Crippen molar-refractivity contribution in [2.24, 2.45) is 0 Å². The molecule has 7 nitrogen and oxygen atoms in total. The molecule has 1 amide bonds. The Balaban J connectivity index is 2.05. The van der Waals surface area contributed by atoms with Crippen LogP contribution in [0.25, 0.3) is 0 Å². The SMILES string of the molecule is CCN(CC)S(=O)(=O)c1ccc(NC(=O)[C@@H](C)Sc2ccc(OC)c(OC)c2)cc1. The summed E-state index contributed by atoms with van der Waals surface area (Å²) >= 11 is 1.39. The number of amides is 1. The van der Waals surface area contributed by atoms with Crippen LogP contribution < -0.4 is 14.8 Å². The highest BCUT2D eigenvalue weighted by Gasteiger charge is 2.22. The summed E-state index contributed by atoms with van der Waals surface area (Å²) in [4.78, 5) is 13.6. The van der Waals surface area contributed by atoms with Crippen molar-refractivity contribution >= 4 is 33.4 Å². The smallest absolute Gasteiger partial charge is 0.243 e. The number of benzene rings is 2. The summed E-state index contributed by atoms with van der Waals surface area (Å²) in [6, 6.07) is 11.7. The van der Waals surface area contributed by atoms with Gasteiger partial charge in [0.05, 0.1) is 24.4 Å². The van der Waals surface area contributed by atoms with Crippen molar-refractivity contribution in [1.29, 1.82) is 0 Å². The Bertz CT molecular complexity index is 958. The van der Waals surface area contributed by atoms with Crippen LogP contribution in [0.1, 0.15) is 20.8 Å². The maximum Gasteiger partial charge on any atom is 0.243 e. The lowest BCUT2D eigenvalue weighted by Crippen LogP contribution is -2.30. The van der Waals surface area contributed by atoms with Gasteiger partial charge in [-0.2, -0.15) is 4.31 Å². The molecule has 9 heteroatoms. The molecule has 2 aromatic rings. The van der Waals surface area contributed by atoms with Crippen LogP contribution in [-0.4, -0.2) is 51.2 Å². The van der Waals surface area contributed by atoms with Crippen LogP contribution in [0.3, 0.4) is 0 Å². The molecule has 0 radical (unpaired) electrons. The van der Waals surface area contributed by atoms with E-state index in [0.717, 1.165) is 4.90 Å². The van der Waals surface area contributed by atoms with Crippen LogP contribution in [0.2, 0.25) is 0 Å². The number of methoxy groups -OCH3 is 2. The molecule has 0 aliphatic carbocycles. The Kier molecular flexibility index (Phi) is 8.57. The number of sulfonamides is 1. The standard InChI is InChI=1S/C21H28N2O5S2/c1-6-23(7-2)30(25,26)18-11-8-16(9-12-18)22-21(24)15(3)29-17-10-13-19(27-4)20(14-17)28-5/h8-15H,6-7H2,1-5H3,(H,22,24)/t15-/m1/s1. The van der Waals surface area contributed by atoms with Gasteiger partial charge in [0.25, 0.3) is 0 Å². The number of hydrogen-bond acceptors (Lipinski definition) is 6. The second kappa shape index (κ2) is 10.7. The third-order valence-electron chi connectivity index (χ3n) is 4.50. The highest BCUT2D eigenvalue weighted by molar-refractivity contribution is 8.00. The number of nitrogens with zero attached hydrogens (tertiary/aromatic N) is 1. The highest BCUT2D eigenvalue weighted by atomic mass is 32.2. The normalized spacial score (nSPS) is 12.5. The largest absolute Gasteiger partial charge is 0.493 e. The van der Waals surface area contributed by atoms with Crippen LogP contribution >= 0.6 is 11.8 Å². The van der Waals surface area contributed by atoms with Crippen molar-refractivity contribution in [1.82, 2.24) is 4.31 Å². The number of rotatable bonds is 10. The molecule has 0 aliphatic rings.